The molecular formula is C61H110O14. The highest BCUT2D eigenvalue weighted by atomic mass is 16.7. The third-order valence-corrected chi connectivity index (χ3v) is 14.3. The van der Waals surface area contributed by atoms with Gasteiger partial charge < -0.3 is 64.2 Å². The molecule has 14 heteroatoms. The van der Waals surface area contributed by atoms with E-state index in [4.69, 9.17) is 28.4 Å². The lowest BCUT2D eigenvalue weighted by Gasteiger charge is -2.42. The van der Waals surface area contributed by atoms with Crippen molar-refractivity contribution in [3.05, 3.63) is 48.6 Å². The van der Waals surface area contributed by atoms with Crippen molar-refractivity contribution in [2.45, 2.75) is 300 Å². The smallest absolute Gasteiger partial charge is 0.306 e. The van der Waals surface area contributed by atoms with E-state index < -0.39 is 80.7 Å². The van der Waals surface area contributed by atoms with Gasteiger partial charge in [0.25, 0.3) is 0 Å². The van der Waals surface area contributed by atoms with Gasteiger partial charge in [0.1, 0.15) is 54.9 Å². The van der Waals surface area contributed by atoms with Crippen molar-refractivity contribution in [1.82, 2.24) is 0 Å². The first-order valence-electron chi connectivity index (χ1n) is 30.2. The highest BCUT2D eigenvalue weighted by molar-refractivity contribution is 5.69. The summed E-state index contributed by atoms with van der Waals surface area (Å²) in [5, 5.41) is 72.4. The van der Waals surface area contributed by atoms with Crippen LogP contribution >= 0.6 is 0 Å². The summed E-state index contributed by atoms with van der Waals surface area (Å²) in [4.78, 5) is 13.1. The lowest BCUT2D eigenvalue weighted by Crippen LogP contribution is -2.61. The van der Waals surface area contributed by atoms with Gasteiger partial charge in [-0.3, -0.25) is 4.79 Å². The molecule has 438 valence electrons. The van der Waals surface area contributed by atoms with Crippen LogP contribution in [0.1, 0.15) is 232 Å². The van der Waals surface area contributed by atoms with E-state index >= 15 is 0 Å². The molecule has 0 aromatic carbocycles. The van der Waals surface area contributed by atoms with Gasteiger partial charge in [-0.1, -0.05) is 197 Å². The number of hydrogen-bond donors (Lipinski definition) is 7. The Balaban J connectivity index is 1.69. The van der Waals surface area contributed by atoms with E-state index in [1.54, 1.807) is 0 Å². The summed E-state index contributed by atoms with van der Waals surface area (Å²) < 4.78 is 34.4. The van der Waals surface area contributed by atoms with Gasteiger partial charge in [0.05, 0.1) is 26.4 Å². The van der Waals surface area contributed by atoms with Crippen molar-refractivity contribution in [3.63, 3.8) is 0 Å². The summed E-state index contributed by atoms with van der Waals surface area (Å²) in [6.07, 6.45) is 41.7. The number of esters is 1. The van der Waals surface area contributed by atoms with Crippen molar-refractivity contribution in [2.75, 3.05) is 33.0 Å². The maximum absolute atomic E-state index is 13.1. The zero-order valence-corrected chi connectivity index (χ0v) is 47.0. The quantitative estimate of drug-likeness (QED) is 0.0172. The molecule has 0 radical (unpaired) electrons. The van der Waals surface area contributed by atoms with Crippen molar-refractivity contribution in [2.24, 2.45) is 0 Å². The van der Waals surface area contributed by atoms with E-state index in [1.165, 1.54) is 141 Å². The molecule has 11 unspecified atom stereocenters. The minimum Gasteiger partial charge on any atom is -0.457 e. The number of ether oxygens (including phenoxy) is 6. The normalized spacial score (nSPS) is 24.9. The summed E-state index contributed by atoms with van der Waals surface area (Å²) in [5.74, 6) is -0.381. The predicted molar refractivity (Wildman–Crippen MR) is 298 cm³/mol. The van der Waals surface area contributed by atoms with E-state index in [1.807, 2.05) is 0 Å². The maximum atomic E-state index is 13.1. The highest BCUT2D eigenvalue weighted by Gasteiger charge is 2.47. The third-order valence-electron chi connectivity index (χ3n) is 14.3. The first kappa shape index (κ1) is 69.1. The van der Waals surface area contributed by atoms with Gasteiger partial charge in [0.15, 0.2) is 12.6 Å². The van der Waals surface area contributed by atoms with Crippen LogP contribution in [0.2, 0.25) is 0 Å². The molecule has 0 spiro atoms. The molecule has 14 nitrogen and oxygen atoms in total. The van der Waals surface area contributed by atoms with Crippen LogP contribution in [0.4, 0.5) is 0 Å². The summed E-state index contributed by atoms with van der Waals surface area (Å²) in [6.45, 7) is 3.68. The fourth-order valence-corrected chi connectivity index (χ4v) is 9.41. The average Bonchev–Trinajstić information content (AvgIpc) is 3.41. The Labute approximate surface area is 454 Å². The summed E-state index contributed by atoms with van der Waals surface area (Å²) >= 11 is 0. The van der Waals surface area contributed by atoms with Crippen molar-refractivity contribution >= 4 is 5.97 Å². The molecule has 0 aromatic heterocycles. The van der Waals surface area contributed by atoms with Crippen LogP contribution in [0.15, 0.2) is 48.6 Å². The lowest BCUT2D eigenvalue weighted by atomic mass is 9.98. The molecule has 2 aliphatic heterocycles. The minimum absolute atomic E-state index is 0.0560. The Bertz CT molecular complexity index is 1420. The second-order valence-electron chi connectivity index (χ2n) is 21.2. The first-order valence-corrected chi connectivity index (χ1v) is 30.2. The molecule has 0 amide bonds. The van der Waals surface area contributed by atoms with Crippen molar-refractivity contribution in [3.8, 4) is 0 Å². The van der Waals surface area contributed by atoms with E-state index in [0.717, 1.165) is 64.2 Å². The van der Waals surface area contributed by atoms with E-state index in [2.05, 4.69) is 62.5 Å². The monoisotopic (exact) mass is 1070 g/mol. The molecule has 0 saturated carbocycles. The number of carbonyl (C=O) groups is 1. The van der Waals surface area contributed by atoms with Gasteiger partial charge in [-0.25, -0.2) is 0 Å². The van der Waals surface area contributed by atoms with E-state index in [-0.39, 0.29) is 25.6 Å². The molecule has 0 bridgehead atoms. The largest absolute Gasteiger partial charge is 0.457 e. The molecule has 0 aliphatic carbocycles. The predicted octanol–water partition coefficient (Wildman–Crippen LogP) is 11.1. The second kappa shape index (κ2) is 47.9. The van der Waals surface area contributed by atoms with Gasteiger partial charge in [-0.05, 0) is 77.0 Å². The zero-order valence-electron chi connectivity index (χ0n) is 47.0. The molecular weight excluding hydrogens is 957 g/mol. The number of rotatable bonds is 49. The SMILES string of the molecule is CCCCCCC/C=C\C/C=C\C/C=C\CCCCCCCCCCCCC(=O)OC(COCCCCCCCC/C=C\CCCCCCCC)COC1OC(COC2OC(CO)C(O)C(O)C2O)C(O)C(O)C1O. The van der Waals surface area contributed by atoms with Crippen LogP contribution in [-0.4, -0.2) is 142 Å². The number of allylic oxidation sites excluding steroid dienone is 8. The van der Waals surface area contributed by atoms with Crippen LogP contribution in [0.3, 0.4) is 0 Å². The second-order valence-corrected chi connectivity index (χ2v) is 21.2. The number of carbonyl (C=O) groups excluding carboxylic acids is 1. The van der Waals surface area contributed by atoms with Gasteiger partial charge in [0, 0.05) is 13.0 Å². The molecule has 0 aromatic rings. The molecule has 75 heavy (non-hydrogen) atoms. The summed E-state index contributed by atoms with van der Waals surface area (Å²) in [5.41, 5.74) is 0. The fourth-order valence-electron chi connectivity index (χ4n) is 9.41. The molecule has 2 aliphatic rings. The molecule has 2 fully saturated rings. The van der Waals surface area contributed by atoms with E-state index in [9.17, 15) is 40.5 Å². The van der Waals surface area contributed by atoms with Gasteiger partial charge in [-0.2, -0.15) is 0 Å². The summed E-state index contributed by atoms with van der Waals surface area (Å²) in [7, 11) is 0. The number of unbranched alkanes of at least 4 members (excludes halogenated alkanes) is 27. The Morgan fingerprint density at radius 1 is 0.440 bits per heavy atom. The highest BCUT2D eigenvalue weighted by Crippen LogP contribution is 2.27. The standard InChI is InChI=1S/C61H110O14/c1-3-5-7-9-11-13-15-17-19-21-22-23-24-25-26-27-28-29-30-32-34-36-38-40-42-44-53(63)73-50(47-70-45-43-41-39-37-35-33-31-20-18-16-14-12-10-8-6-4-2)48-71-60-59(69)57(67)55(65)52(75-60)49-72-61-58(68)56(66)54(64)51(46-62)74-61/h15,17-18,20-22,24-25,50-52,54-62,64-69H,3-14,16,19,23,26-49H2,1-2H3/b17-15-,20-18-,22-21-,25-24-. The lowest BCUT2D eigenvalue weighted by molar-refractivity contribution is -0.332. The molecule has 7 N–H and O–H groups in total. The summed E-state index contributed by atoms with van der Waals surface area (Å²) in [6, 6.07) is 0. The Kier molecular flexibility index (Phi) is 44.1. The van der Waals surface area contributed by atoms with Crippen LogP contribution in [-0.2, 0) is 33.2 Å². The van der Waals surface area contributed by atoms with Crippen molar-refractivity contribution < 1.29 is 69.0 Å². The Hall–Kier alpha value is -2.05. The van der Waals surface area contributed by atoms with Crippen LogP contribution in [0.5, 0.6) is 0 Å². The number of aliphatic hydroxyl groups excluding tert-OH is 7. The van der Waals surface area contributed by atoms with Gasteiger partial charge >= 0.3 is 5.97 Å². The first-order chi connectivity index (χ1) is 36.6. The van der Waals surface area contributed by atoms with E-state index in [0.29, 0.717) is 13.0 Å². The Morgan fingerprint density at radius 3 is 1.31 bits per heavy atom. The minimum atomic E-state index is -1.71. The molecule has 2 rings (SSSR count). The van der Waals surface area contributed by atoms with Crippen LogP contribution < -0.4 is 0 Å². The molecule has 11 atom stereocenters. The topological polar surface area (TPSA) is 214 Å². The third kappa shape index (κ3) is 34.5. The number of hydrogen-bond acceptors (Lipinski definition) is 14. The fraction of sp³-hybridized carbons (Fsp3) is 0.852. The van der Waals surface area contributed by atoms with Crippen LogP contribution in [0, 0.1) is 0 Å². The average molecular weight is 1070 g/mol. The van der Waals surface area contributed by atoms with Gasteiger partial charge in [0.2, 0.25) is 0 Å². The van der Waals surface area contributed by atoms with Crippen LogP contribution in [0.25, 0.3) is 0 Å². The number of aliphatic hydroxyl groups is 7. The zero-order chi connectivity index (χ0) is 54.4. The van der Waals surface area contributed by atoms with Gasteiger partial charge in [-0.15, -0.1) is 0 Å². The van der Waals surface area contributed by atoms with Crippen molar-refractivity contribution in [1.29, 1.82) is 0 Å². The maximum Gasteiger partial charge on any atom is 0.306 e. The molecule has 2 heterocycles. The molecule has 2 saturated heterocycles. The Morgan fingerprint density at radius 2 is 0.827 bits per heavy atom.